The van der Waals surface area contributed by atoms with Gasteiger partial charge in [0.15, 0.2) is 22.6 Å². The molecule has 0 saturated carbocycles. The predicted octanol–water partition coefficient (Wildman–Crippen LogP) is -1.06. The van der Waals surface area contributed by atoms with Crippen molar-refractivity contribution in [2.75, 3.05) is 11.5 Å². The van der Waals surface area contributed by atoms with E-state index < -0.39 is 5.56 Å². The number of nitrogens with zero attached hydrogens (tertiary/aromatic N) is 6. The van der Waals surface area contributed by atoms with Gasteiger partial charge in [-0.3, -0.25) is 14.3 Å². The van der Waals surface area contributed by atoms with E-state index in [-0.39, 0.29) is 28.9 Å². The maximum absolute atomic E-state index is 11.7. The average Bonchev–Trinajstić information content (AvgIpc) is 3.04. The summed E-state index contributed by atoms with van der Waals surface area (Å²) in [5, 5.41) is 0. The SMILES string of the molecule is Nc1nc2c(ncn2-c2nc(N)c3[nH]cnc3n2)c(=O)[nH]1. The molecule has 0 amide bonds. The normalized spacial score (nSPS) is 11.4. The molecule has 4 aromatic rings. The van der Waals surface area contributed by atoms with Crippen LogP contribution in [0, 0.1) is 0 Å². The first-order valence-electron chi connectivity index (χ1n) is 5.83. The molecule has 4 rings (SSSR count). The van der Waals surface area contributed by atoms with Crippen molar-refractivity contribution in [1.29, 1.82) is 0 Å². The maximum Gasteiger partial charge on any atom is 0.280 e. The fourth-order valence-electron chi connectivity index (χ4n) is 2.02. The molecule has 0 aliphatic carbocycles. The van der Waals surface area contributed by atoms with Crippen LogP contribution in [0.25, 0.3) is 28.3 Å². The lowest BCUT2D eigenvalue weighted by molar-refractivity contribution is 0.951. The van der Waals surface area contributed by atoms with Gasteiger partial charge in [-0.25, -0.2) is 9.97 Å². The number of fused-ring (bicyclic) bond motifs is 2. The van der Waals surface area contributed by atoms with E-state index in [0.717, 1.165) is 0 Å². The minimum absolute atomic E-state index is 0.0249. The Bertz CT molecular complexity index is 1040. The van der Waals surface area contributed by atoms with Crippen LogP contribution in [-0.2, 0) is 0 Å². The van der Waals surface area contributed by atoms with Gasteiger partial charge in [-0.2, -0.15) is 15.0 Å². The number of hydrogen-bond acceptors (Lipinski definition) is 8. The number of anilines is 2. The Morgan fingerprint density at radius 3 is 2.86 bits per heavy atom. The predicted molar refractivity (Wildman–Crippen MR) is 73.6 cm³/mol. The quantitative estimate of drug-likeness (QED) is 0.342. The maximum atomic E-state index is 11.7. The highest BCUT2D eigenvalue weighted by Crippen LogP contribution is 2.17. The van der Waals surface area contributed by atoms with Crippen LogP contribution in [0.2, 0.25) is 0 Å². The lowest BCUT2D eigenvalue weighted by Crippen LogP contribution is -2.12. The number of imidazole rings is 2. The number of nitrogens with one attached hydrogen (secondary N) is 2. The van der Waals surface area contributed by atoms with E-state index in [2.05, 4.69) is 34.9 Å². The van der Waals surface area contributed by atoms with Crippen molar-refractivity contribution in [3.8, 4) is 5.95 Å². The lowest BCUT2D eigenvalue weighted by atomic mass is 10.5. The summed E-state index contributed by atoms with van der Waals surface area (Å²) >= 11 is 0. The van der Waals surface area contributed by atoms with Gasteiger partial charge in [0.05, 0.1) is 6.33 Å². The smallest absolute Gasteiger partial charge is 0.280 e. The first-order chi connectivity index (χ1) is 10.1. The molecule has 6 N–H and O–H groups in total. The summed E-state index contributed by atoms with van der Waals surface area (Å²) in [6.07, 6.45) is 2.84. The largest absolute Gasteiger partial charge is 0.382 e. The monoisotopic (exact) mass is 284 g/mol. The van der Waals surface area contributed by atoms with Crippen molar-refractivity contribution < 1.29 is 0 Å². The van der Waals surface area contributed by atoms with Gasteiger partial charge in [0, 0.05) is 0 Å². The highest BCUT2D eigenvalue weighted by atomic mass is 16.1. The van der Waals surface area contributed by atoms with E-state index >= 15 is 0 Å². The second-order valence-corrected chi connectivity index (χ2v) is 4.25. The molecule has 0 atom stereocenters. The number of nitrogens with two attached hydrogens (primary N) is 2. The minimum atomic E-state index is -0.440. The molecule has 104 valence electrons. The van der Waals surface area contributed by atoms with Gasteiger partial charge in [-0.1, -0.05) is 0 Å². The van der Waals surface area contributed by atoms with Gasteiger partial charge >= 0.3 is 0 Å². The van der Waals surface area contributed by atoms with Gasteiger partial charge in [0.25, 0.3) is 5.56 Å². The summed E-state index contributed by atoms with van der Waals surface area (Å²) in [6, 6.07) is 0. The van der Waals surface area contributed by atoms with Crippen LogP contribution in [0.15, 0.2) is 17.4 Å². The molecule has 0 aromatic carbocycles. The van der Waals surface area contributed by atoms with Gasteiger partial charge in [0.1, 0.15) is 11.8 Å². The zero-order valence-electron chi connectivity index (χ0n) is 10.4. The van der Waals surface area contributed by atoms with Crippen LogP contribution in [0.4, 0.5) is 11.8 Å². The summed E-state index contributed by atoms with van der Waals surface area (Å²) in [5.41, 5.74) is 12.3. The molecule has 0 unspecified atom stereocenters. The van der Waals surface area contributed by atoms with E-state index in [0.29, 0.717) is 11.2 Å². The van der Waals surface area contributed by atoms with Crippen LogP contribution in [0.3, 0.4) is 0 Å². The van der Waals surface area contributed by atoms with E-state index in [4.69, 9.17) is 11.5 Å². The van der Waals surface area contributed by atoms with Crippen molar-refractivity contribution in [3.63, 3.8) is 0 Å². The molecule has 11 heteroatoms. The minimum Gasteiger partial charge on any atom is -0.382 e. The molecule has 0 aliphatic rings. The molecule has 11 nitrogen and oxygen atoms in total. The van der Waals surface area contributed by atoms with Crippen molar-refractivity contribution in [1.82, 2.24) is 39.5 Å². The summed E-state index contributed by atoms with van der Waals surface area (Å²) in [7, 11) is 0. The third kappa shape index (κ3) is 1.54. The van der Waals surface area contributed by atoms with E-state index in [1.807, 2.05) is 0 Å². The van der Waals surface area contributed by atoms with Crippen molar-refractivity contribution in [3.05, 3.63) is 23.0 Å². The molecule has 0 aliphatic heterocycles. The molecule has 21 heavy (non-hydrogen) atoms. The molecular weight excluding hydrogens is 276 g/mol. The second-order valence-electron chi connectivity index (χ2n) is 4.25. The van der Waals surface area contributed by atoms with Crippen LogP contribution in [-0.4, -0.2) is 39.5 Å². The molecule has 0 bridgehead atoms. The van der Waals surface area contributed by atoms with E-state index in [1.54, 1.807) is 0 Å². The topological polar surface area (TPSA) is 170 Å². The second kappa shape index (κ2) is 3.75. The molecular formula is C10H8N10O. The first-order valence-corrected chi connectivity index (χ1v) is 5.83. The average molecular weight is 284 g/mol. The molecule has 0 fully saturated rings. The highest BCUT2D eigenvalue weighted by Gasteiger charge is 2.14. The van der Waals surface area contributed by atoms with E-state index in [1.165, 1.54) is 17.2 Å². The Morgan fingerprint density at radius 1 is 1.14 bits per heavy atom. The van der Waals surface area contributed by atoms with Gasteiger partial charge in [-0.15, -0.1) is 0 Å². The summed E-state index contributed by atoms with van der Waals surface area (Å²) < 4.78 is 1.42. The van der Waals surface area contributed by atoms with Gasteiger partial charge < -0.3 is 16.5 Å². The van der Waals surface area contributed by atoms with Crippen molar-refractivity contribution in [2.24, 2.45) is 0 Å². The summed E-state index contributed by atoms with van der Waals surface area (Å²) in [6.45, 7) is 0. The Labute approximate surface area is 115 Å². The Hall–Kier alpha value is -3.50. The number of rotatable bonds is 1. The molecule has 0 radical (unpaired) electrons. The third-order valence-electron chi connectivity index (χ3n) is 2.94. The summed E-state index contributed by atoms with van der Waals surface area (Å²) in [5.74, 6) is 0.405. The van der Waals surface area contributed by atoms with Crippen LogP contribution >= 0.6 is 0 Å². The zero-order chi connectivity index (χ0) is 14.6. The van der Waals surface area contributed by atoms with Crippen molar-refractivity contribution in [2.45, 2.75) is 0 Å². The number of H-pyrrole nitrogens is 2. The van der Waals surface area contributed by atoms with Gasteiger partial charge in [0.2, 0.25) is 11.9 Å². The third-order valence-corrected chi connectivity index (χ3v) is 2.94. The van der Waals surface area contributed by atoms with Crippen LogP contribution in [0.1, 0.15) is 0 Å². The highest BCUT2D eigenvalue weighted by molar-refractivity contribution is 5.82. The number of aromatic nitrogens is 8. The standard InChI is InChI=1S/C10H8N10O/c11-5-3-6(14-1-13-3)17-10(16-5)20-2-15-4-7(20)18-9(12)19-8(4)21/h1-2H,(H3,12,18,19,21)(H3,11,13,14,16,17). The van der Waals surface area contributed by atoms with Crippen LogP contribution < -0.4 is 17.0 Å². The molecule has 0 saturated heterocycles. The fourth-order valence-corrected chi connectivity index (χ4v) is 2.02. The first kappa shape index (κ1) is 11.3. The Kier molecular flexibility index (Phi) is 2.03. The van der Waals surface area contributed by atoms with Crippen LogP contribution in [0.5, 0.6) is 0 Å². The molecule has 0 spiro atoms. The van der Waals surface area contributed by atoms with Crippen molar-refractivity contribution >= 4 is 34.1 Å². The summed E-state index contributed by atoms with van der Waals surface area (Å²) in [4.78, 5) is 37.4. The zero-order valence-corrected chi connectivity index (χ0v) is 10.4. The molecule has 4 heterocycles. The molecule has 4 aromatic heterocycles. The number of nitrogen functional groups attached to an aromatic ring is 2. The number of aromatic amines is 2. The fraction of sp³-hybridized carbons (Fsp3) is 0. The Balaban J connectivity index is 2.06. The van der Waals surface area contributed by atoms with Gasteiger partial charge in [-0.05, 0) is 0 Å². The Morgan fingerprint density at radius 2 is 2.00 bits per heavy atom. The lowest BCUT2D eigenvalue weighted by Gasteiger charge is -2.03. The number of hydrogen-bond donors (Lipinski definition) is 4. The van der Waals surface area contributed by atoms with E-state index in [9.17, 15) is 4.79 Å².